The second-order valence-corrected chi connectivity index (χ2v) is 3.09. The lowest BCUT2D eigenvalue weighted by Crippen LogP contribution is -1.97. The van der Waals surface area contributed by atoms with Gasteiger partial charge in [-0.3, -0.25) is 9.59 Å². The van der Waals surface area contributed by atoms with Crippen LogP contribution in [-0.4, -0.2) is 54.7 Å². The molecule has 0 aromatic heterocycles. The summed E-state index contributed by atoms with van der Waals surface area (Å²) in [5.41, 5.74) is 0. The van der Waals surface area contributed by atoms with Gasteiger partial charge in [-0.1, -0.05) is 33.5 Å². The molecule has 12 heteroatoms. The number of oxime groups is 2. The fourth-order valence-electron chi connectivity index (χ4n) is 0.0825. The highest BCUT2D eigenvalue weighted by Crippen LogP contribution is 1.93. The first kappa shape index (κ1) is 22.2. The Kier molecular flexibility index (Phi) is 19.8. The van der Waals surface area contributed by atoms with Crippen LogP contribution in [0.4, 0.5) is 0 Å². The SMILES string of the molecule is O/N=C(Cl)\C(Cl)=N/O.O=C(O)CCl.O=C(O)CCl. The zero-order chi connectivity index (χ0) is 15.1. The lowest BCUT2D eigenvalue weighted by molar-refractivity contribution is -0.135. The van der Waals surface area contributed by atoms with E-state index in [0.29, 0.717) is 0 Å². The second-order valence-electron chi connectivity index (χ2n) is 1.84. The average Bonchev–Trinajstić information content (AvgIpc) is 2.37. The maximum atomic E-state index is 9.24. The molecule has 0 aliphatic carbocycles. The molecule has 0 bridgehead atoms. The number of alkyl halides is 2. The van der Waals surface area contributed by atoms with E-state index in [-0.39, 0.29) is 11.8 Å². The van der Waals surface area contributed by atoms with Gasteiger partial charge in [0, 0.05) is 0 Å². The van der Waals surface area contributed by atoms with Gasteiger partial charge < -0.3 is 20.6 Å². The maximum absolute atomic E-state index is 9.24. The van der Waals surface area contributed by atoms with Crippen LogP contribution in [0.1, 0.15) is 0 Å². The normalized spacial score (nSPS) is 10.4. The van der Waals surface area contributed by atoms with E-state index >= 15 is 0 Å². The van der Waals surface area contributed by atoms with Gasteiger partial charge in [0.05, 0.1) is 0 Å². The summed E-state index contributed by atoms with van der Waals surface area (Å²) < 4.78 is 0. The Labute approximate surface area is 121 Å². The van der Waals surface area contributed by atoms with E-state index in [2.05, 4.69) is 10.3 Å². The van der Waals surface area contributed by atoms with Crippen LogP contribution in [0.5, 0.6) is 0 Å². The smallest absolute Gasteiger partial charge is 0.318 e. The van der Waals surface area contributed by atoms with Gasteiger partial charge in [-0.15, -0.1) is 23.2 Å². The number of carbonyl (C=O) groups is 2. The Morgan fingerprint density at radius 3 is 1.06 bits per heavy atom. The minimum atomic E-state index is -0.980. The van der Waals surface area contributed by atoms with Crippen molar-refractivity contribution in [3.63, 3.8) is 0 Å². The predicted molar refractivity (Wildman–Crippen MR) is 66.9 cm³/mol. The summed E-state index contributed by atoms with van der Waals surface area (Å²) in [4.78, 5) is 18.5. The summed E-state index contributed by atoms with van der Waals surface area (Å²) in [6.07, 6.45) is 0. The molecule has 0 unspecified atom stereocenters. The summed E-state index contributed by atoms with van der Waals surface area (Å²) in [6, 6.07) is 0. The van der Waals surface area contributed by atoms with E-state index in [4.69, 9.17) is 67.0 Å². The van der Waals surface area contributed by atoms with Gasteiger partial charge in [-0.05, 0) is 0 Å². The molecule has 0 fully saturated rings. The van der Waals surface area contributed by atoms with Gasteiger partial charge in [0.2, 0.25) is 10.3 Å². The van der Waals surface area contributed by atoms with E-state index < -0.39 is 22.3 Å². The van der Waals surface area contributed by atoms with Crippen molar-refractivity contribution >= 4 is 68.7 Å². The number of nitrogens with zero attached hydrogens (tertiary/aromatic N) is 2. The zero-order valence-electron chi connectivity index (χ0n) is 8.43. The Morgan fingerprint density at radius 2 is 1.00 bits per heavy atom. The third kappa shape index (κ3) is 24.3. The van der Waals surface area contributed by atoms with Crippen LogP contribution >= 0.6 is 46.4 Å². The number of carboxylic acids is 2. The monoisotopic (exact) mass is 344 g/mol. The Hall–Kier alpha value is -0.960. The van der Waals surface area contributed by atoms with Gasteiger partial charge in [0.15, 0.2) is 0 Å². The molecule has 0 aliphatic heterocycles. The van der Waals surface area contributed by atoms with Gasteiger partial charge in [-0.2, -0.15) is 0 Å². The Balaban J connectivity index is -0.000000197. The largest absolute Gasteiger partial charge is 0.480 e. The molecular formula is C6H8Cl4N2O6. The lowest BCUT2D eigenvalue weighted by atomic mass is 10.8. The van der Waals surface area contributed by atoms with Gasteiger partial charge >= 0.3 is 11.9 Å². The minimum Gasteiger partial charge on any atom is -0.480 e. The van der Waals surface area contributed by atoms with E-state index in [9.17, 15) is 9.59 Å². The van der Waals surface area contributed by atoms with Gasteiger partial charge in [0.25, 0.3) is 0 Å². The average molecular weight is 346 g/mol. The summed E-state index contributed by atoms with van der Waals surface area (Å²) in [7, 11) is 0. The first-order chi connectivity index (χ1) is 8.26. The maximum Gasteiger partial charge on any atom is 0.318 e. The molecule has 0 aromatic rings. The molecule has 0 aromatic carbocycles. The van der Waals surface area contributed by atoms with Crippen LogP contribution in [0.15, 0.2) is 10.3 Å². The fraction of sp³-hybridized carbons (Fsp3) is 0.333. The minimum absolute atomic E-state index is 0.306. The standard InChI is InChI=1S/C2H2Cl2N2O2.2C2H3ClO2/c3-1(5-7)2(4)6-8;2*3-1-2(4)5/h7-8H;2*1H2,(H,4,5)/b5-1+,6-2+;;. The van der Waals surface area contributed by atoms with E-state index in [1.54, 1.807) is 0 Å². The highest BCUT2D eigenvalue weighted by molar-refractivity contribution is 7.00. The number of carboxylic acid groups (broad SMARTS) is 2. The molecule has 0 atom stereocenters. The molecule has 0 saturated heterocycles. The van der Waals surface area contributed by atoms with Crippen molar-refractivity contribution in [1.29, 1.82) is 0 Å². The van der Waals surface area contributed by atoms with Crippen molar-refractivity contribution in [1.82, 2.24) is 0 Å². The number of aliphatic carboxylic acids is 2. The van der Waals surface area contributed by atoms with Crippen LogP contribution in [0.25, 0.3) is 0 Å². The zero-order valence-corrected chi connectivity index (χ0v) is 11.4. The molecule has 8 nitrogen and oxygen atoms in total. The van der Waals surface area contributed by atoms with Crippen molar-refractivity contribution in [2.45, 2.75) is 0 Å². The summed E-state index contributed by atoms with van der Waals surface area (Å²) in [6.45, 7) is 0. The van der Waals surface area contributed by atoms with E-state index in [1.165, 1.54) is 0 Å². The van der Waals surface area contributed by atoms with Crippen molar-refractivity contribution in [2.75, 3.05) is 11.8 Å². The molecule has 0 heterocycles. The number of halogens is 4. The summed E-state index contributed by atoms with van der Waals surface area (Å²) in [5, 5.41) is 34.7. The highest BCUT2D eigenvalue weighted by atomic mass is 35.5. The molecule has 4 N–H and O–H groups in total. The Morgan fingerprint density at radius 1 is 0.833 bits per heavy atom. The number of hydrogen-bond donors (Lipinski definition) is 4. The summed E-state index contributed by atoms with van der Waals surface area (Å²) >= 11 is 19.5. The first-order valence-electron chi connectivity index (χ1n) is 3.57. The van der Waals surface area contributed by atoms with E-state index in [0.717, 1.165) is 0 Å². The van der Waals surface area contributed by atoms with Crippen LogP contribution < -0.4 is 0 Å². The second kappa shape index (κ2) is 16.0. The lowest BCUT2D eigenvalue weighted by Gasteiger charge is -1.83. The van der Waals surface area contributed by atoms with Crippen LogP contribution in [0.3, 0.4) is 0 Å². The molecule has 106 valence electrons. The predicted octanol–water partition coefficient (Wildman–Crippen LogP) is 1.66. The van der Waals surface area contributed by atoms with Crippen LogP contribution in [0.2, 0.25) is 0 Å². The van der Waals surface area contributed by atoms with Crippen molar-refractivity contribution in [3.05, 3.63) is 0 Å². The first-order valence-corrected chi connectivity index (χ1v) is 5.40. The fourth-order valence-corrected chi connectivity index (χ4v) is 0.158. The van der Waals surface area contributed by atoms with Crippen LogP contribution in [-0.2, 0) is 9.59 Å². The molecule has 18 heavy (non-hydrogen) atoms. The van der Waals surface area contributed by atoms with E-state index in [1.807, 2.05) is 0 Å². The molecular weight excluding hydrogens is 338 g/mol. The molecule has 0 spiro atoms. The molecule has 0 saturated carbocycles. The number of hydrogen-bond acceptors (Lipinski definition) is 6. The molecule has 0 rings (SSSR count). The topological polar surface area (TPSA) is 140 Å². The van der Waals surface area contributed by atoms with Crippen molar-refractivity contribution < 1.29 is 30.2 Å². The summed E-state index contributed by atoms with van der Waals surface area (Å²) in [5.74, 6) is -2.57. The highest BCUT2D eigenvalue weighted by Gasteiger charge is 2.00. The van der Waals surface area contributed by atoms with Gasteiger partial charge in [-0.25, -0.2) is 0 Å². The van der Waals surface area contributed by atoms with Crippen molar-refractivity contribution in [2.24, 2.45) is 10.3 Å². The van der Waals surface area contributed by atoms with Crippen molar-refractivity contribution in [3.8, 4) is 0 Å². The van der Waals surface area contributed by atoms with Crippen LogP contribution in [0, 0.1) is 0 Å². The number of rotatable bonds is 3. The molecule has 0 aliphatic rings. The molecule has 0 amide bonds. The third-order valence-electron chi connectivity index (χ3n) is 0.574. The Bertz CT molecular complexity index is 278. The van der Waals surface area contributed by atoms with Gasteiger partial charge in [0.1, 0.15) is 11.8 Å². The molecule has 0 radical (unpaired) electrons. The third-order valence-corrected chi connectivity index (χ3v) is 1.64. The quantitative estimate of drug-likeness (QED) is 0.265.